The number of benzene rings is 1. The van der Waals surface area contributed by atoms with Gasteiger partial charge in [0.25, 0.3) is 5.91 Å². The summed E-state index contributed by atoms with van der Waals surface area (Å²) in [5.41, 5.74) is 0.764. The normalized spacial score (nSPS) is 10.2. The molecule has 0 aliphatic rings. The molecule has 0 aliphatic heterocycles. The Balaban J connectivity index is 2.23. The van der Waals surface area contributed by atoms with E-state index >= 15 is 0 Å². The first-order valence-corrected chi connectivity index (χ1v) is 4.88. The molecule has 17 heavy (non-hydrogen) atoms. The first-order chi connectivity index (χ1) is 8.08. The highest BCUT2D eigenvalue weighted by molar-refractivity contribution is 6.05. The third-order valence-corrected chi connectivity index (χ3v) is 2.27. The number of hydrogen-bond acceptors (Lipinski definition) is 3. The number of rotatable bonds is 2. The number of anilines is 1. The van der Waals surface area contributed by atoms with E-state index in [-0.39, 0.29) is 5.56 Å². The molecule has 5 nitrogen and oxygen atoms in total. The molecule has 0 aliphatic carbocycles. The van der Waals surface area contributed by atoms with Crippen LogP contribution in [-0.2, 0) is 0 Å². The molecule has 0 spiro atoms. The van der Waals surface area contributed by atoms with Crippen LogP contribution in [0.4, 0.5) is 10.2 Å². The maximum atomic E-state index is 12.7. The summed E-state index contributed by atoms with van der Waals surface area (Å²) in [7, 11) is 0. The van der Waals surface area contributed by atoms with Crippen LogP contribution in [0, 0.1) is 12.7 Å². The quantitative estimate of drug-likeness (QED) is 0.742. The summed E-state index contributed by atoms with van der Waals surface area (Å²) in [6.45, 7) is 1.77. The molecule has 0 saturated heterocycles. The fourth-order valence-electron chi connectivity index (χ4n) is 1.35. The first-order valence-electron chi connectivity index (χ1n) is 4.88. The van der Waals surface area contributed by atoms with Gasteiger partial charge in [-0.05, 0) is 19.1 Å². The number of aromatic amines is 1. The summed E-state index contributed by atoms with van der Waals surface area (Å²) in [5, 5.41) is 18.3. The van der Waals surface area contributed by atoms with Crippen LogP contribution < -0.4 is 5.32 Å². The lowest BCUT2D eigenvalue weighted by Gasteiger charge is -2.05. The largest absolute Gasteiger partial charge is 0.507 e. The van der Waals surface area contributed by atoms with Gasteiger partial charge in [0.2, 0.25) is 0 Å². The number of aromatic nitrogens is 2. The average Bonchev–Trinajstić information content (AvgIpc) is 2.64. The summed E-state index contributed by atoms with van der Waals surface area (Å²) in [6, 6.07) is 3.20. The number of phenolic OH excluding ortho intramolecular Hbond substituents is 1. The summed E-state index contributed by atoms with van der Waals surface area (Å²) in [6.07, 6.45) is 1.56. The van der Waals surface area contributed by atoms with E-state index in [9.17, 15) is 14.3 Å². The number of nitrogens with one attached hydrogen (secondary N) is 2. The molecule has 0 saturated carbocycles. The maximum absolute atomic E-state index is 12.7. The molecule has 2 aromatic rings. The Bertz CT molecular complexity index is 566. The van der Waals surface area contributed by atoms with Crippen LogP contribution in [0.3, 0.4) is 0 Å². The van der Waals surface area contributed by atoms with Crippen molar-refractivity contribution in [2.75, 3.05) is 5.32 Å². The lowest BCUT2D eigenvalue weighted by molar-refractivity contribution is 0.102. The Kier molecular flexibility index (Phi) is 2.78. The molecule has 0 radical (unpaired) electrons. The molecule has 0 atom stereocenters. The highest BCUT2D eigenvalue weighted by Gasteiger charge is 2.13. The van der Waals surface area contributed by atoms with Crippen LogP contribution in [0.25, 0.3) is 0 Å². The number of carbonyl (C=O) groups excluding carboxylic acids is 1. The monoisotopic (exact) mass is 235 g/mol. The summed E-state index contributed by atoms with van der Waals surface area (Å²) < 4.78 is 12.7. The standard InChI is InChI=1S/C11H10FN3O2/c1-6-5-13-15-10(6)14-11(17)8-3-2-7(12)4-9(8)16/h2-5,16H,1H3,(H2,13,14,15,17). The summed E-state index contributed by atoms with van der Waals surface area (Å²) in [5.74, 6) is -1.09. The van der Waals surface area contributed by atoms with E-state index in [1.165, 1.54) is 6.07 Å². The third-order valence-electron chi connectivity index (χ3n) is 2.27. The van der Waals surface area contributed by atoms with E-state index in [4.69, 9.17) is 0 Å². The maximum Gasteiger partial charge on any atom is 0.260 e. The lowest BCUT2D eigenvalue weighted by atomic mass is 10.2. The Labute approximate surface area is 96.3 Å². The molecule has 0 fully saturated rings. The van der Waals surface area contributed by atoms with Crippen LogP contribution in [0.2, 0.25) is 0 Å². The van der Waals surface area contributed by atoms with Crippen LogP contribution in [-0.4, -0.2) is 21.2 Å². The van der Waals surface area contributed by atoms with Crippen LogP contribution in [0.1, 0.15) is 15.9 Å². The van der Waals surface area contributed by atoms with Gasteiger partial charge in [-0.3, -0.25) is 9.89 Å². The highest BCUT2D eigenvalue weighted by atomic mass is 19.1. The summed E-state index contributed by atoms with van der Waals surface area (Å²) in [4.78, 5) is 11.8. The molecular formula is C11H10FN3O2. The second kappa shape index (κ2) is 4.25. The van der Waals surface area contributed by atoms with Gasteiger partial charge in [0, 0.05) is 11.6 Å². The zero-order valence-electron chi connectivity index (χ0n) is 8.99. The average molecular weight is 235 g/mol. The van der Waals surface area contributed by atoms with Gasteiger partial charge in [0.05, 0.1) is 11.8 Å². The van der Waals surface area contributed by atoms with Crippen molar-refractivity contribution in [1.82, 2.24) is 10.2 Å². The van der Waals surface area contributed by atoms with Gasteiger partial charge in [-0.2, -0.15) is 5.10 Å². The number of aromatic hydroxyl groups is 1. The van der Waals surface area contributed by atoms with Crippen LogP contribution in [0.15, 0.2) is 24.4 Å². The second-order valence-electron chi connectivity index (χ2n) is 3.54. The van der Waals surface area contributed by atoms with E-state index in [0.29, 0.717) is 5.82 Å². The van der Waals surface area contributed by atoms with E-state index in [1.807, 2.05) is 0 Å². The molecule has 2 rings (SSSR count). The minimum Gasteiger partial charge on any atom is -0.507 e. The molecule has 1 aromatic heterocycles. The van der Waals surface area contributed by atoms with Crippen molar-refractivity contribution in [3.8, 4) is 5.75 Å². The molecule has 1 aromatic carbocycles. The van der Waals surface area contributed by atoms with E-state index in [2.05, 4.69) is 15.5 Å². The number of aryl methyl sites for hydroxylation is 1. The minimum absolute atomic E-state index is 0.000370. The molecule has 1 amide bonds. The summed E-state index contributed by atoms with van der Waals surface area (Å²) >= 11 is 0. The van der Waals surface area contributed by atoms with Crippen molar-refractivity contribution < 1.29 is 14.3 Å². The highest BCUT2D eigenvalue weighted by Crippen LogP contribution is 2.19. The molecule has 0 bridgehead atoms. The predicted molar refractivity (Wildman–Crippen MR) is 59.3 cm³/mol. The molecule has 6 heteroatoms. The number of hydrogen-bond donors (Lipinski definition) is 3. The number of amides is 1. The van der Waals surface area contributed by atoms with Gasteiger partial charge in [-0.25, -0.2) is 4.39 Å². The first kappa shape index (κ1) is 11.1. The zero-order valence-corrected chi connectivity index (χ0v) is 8.99. The van der Waals surface area contributed by atoms with E-state index < -0.39 is 17.5 Å². The molecular weight excluding hydrogens is 225 g/mol. The Morgan fingerprint density at radius 3 is 2.88 bits per heavy atom. The molecule has 88 valence electrons. The van der Waals surface area contributed by atoms with E-state index in [0.717, 1.165) is 17.7 Å². The van der Waals surface area contributed by atoms with Gasteiger partial charge in [0.1, 0.15) is 17.4 Å². The third kappa shape index (κ3) is 2.25. The van der Waals surface area contributed by atoms with E-state index in [1.54, 1.807) is 13.1 Å². The fourth-order valence-corrected chi connectivity index (χ4v) is 1.35. The molecule has 3 N–H and O–H groups in total. The Morgan fingerprint density at radius 2 is 2.29 bits per heavy atom. The minimum atomic E-state index is -0.600. The van der Waals surface area contributed by atoms with Crippen molar-refractivity contribution in [2.45, 2.75) is 6.92 Å². The molecule has 1 heterocycles. The predicted octanol–water partition coefficient (Wildman–Crippen LogP) is 1.82. The lowest BCUT2D eigenvalue weighted by Crippen LogP contribution is -2.13. The Hall–Kier alpha value is -2.37. The van der Waals surface area contributed by atoms with Gasteiger partial charge in [0.15, 0.2) is 0 Å². The van der Waals surface area contributed by atoms with Gasteiger partial charge < -0.3 is 10.4 Å². The number of phenols is 1. The zero-order chi connectivity index (χ0) is 12.4. The van der Waals surface area contributed by atoms with Crippen molar-refractivity contribution in [1.29, 1.82) is 0 Å². The number of H-pyrrole nitrogens is 1. The van der Waals surface area contributed by atoms with Gasteiger partial charge >= 0.3 is 0 Å². The van der Waals surface area contributed by atoms with Crippen LogP contribution >= 0.6 is 0 Å². The number of carbonyl (C=O) groups is 1. The topological polar surface area (TPSA) is 78.0 Å². The molecule has 0 unspecified atom stereocenters. The van der Waals surface area contributed by atoms with Crippen molar-refractivity contribution >= 4 is 11.7 Å². The van der Waals surface area contributed by atoms with Gasteiger partial charge in [-0.1, -0.05) is 0 Å². The SMILES string of the molecule is Cc1cn[nH]c1NC(=O)c1ccc(F)cc1O. The van der Waals surface area contributed by atoms with Crippen molar-refractivity contribution in [2.24, 2.45) is 0 Å². The number of halogens is 1. The fraction of sp³-hybridized carbons (Fsp3) is 0.0909. The van der Waals surface area contributed by atoms with Crippen LogP contribution in [0.5, 0.6) is 5.75 Å². The van der Waals surface area contributed by atoms with Gasteiger partial charge in [-0.15, -0.1) is 0 Å². The smallest absolute Gasteiger partial charge is 0.260 e. The number of nitrogens with zero attached hydrogens (tertiary/aromatic N) is 1. The van der Waals surface area contributed by atoms with Crippen molar-refractivity contribution in [3.05, 3.63) is 41.3 Å². The second-order valence-corrected chi connectivity index (χ2v) is 3.54. The Morgan fingerprint density at radius 1 is 1.53 bits per heavy atom. The van der Waals surface area contributed by atoms with Crippen molar-refractivity contribution in [3.63, 3.8) is 0 Å².